The number of ether oxygens (including phenoxy) is 1. The molecule has 2 heterocycles. The maximum absolute atomic E-state index is 11.6. The Hall–Kier alpha value is -1.68. The quantitative estimate of drug-likeness (QED) is 0.697. The molecule has 1 aromatic carbocycles. The minimum absolute atomic E-state index is 0.0139. The molecule has 2 saturated heterocycles. The lowest BCUT2D eigenvalue weighted by atomic mass is 10.1. The average molecular weight is 217 g/mol. The zero-order valence-electron chi connectivity index (χ0n) is 8.80. The van der Waals surface area contributed by atoms with Crippen molar-refractivity contribution in [2.45, 2.75) is 12.6 Å². The van der Waals surface area contributed by atoms with Crippen LogP contribution >= 0.6 is 0 Å². The first kappa shape index (κ1) is 9.54. The molecular formula is C12H13N2O2+. The monoisotopic (exact) mass is 217 g/mol. The van der Waals surface area contributed by atoms with Crippen LogP contribution in [0.3, 0.4) is 0 Å². The van der Waals surface area contributed by atoms with Gasteiger partial charge in [0.15, 0.2) is 0 Å². The van der Waals surface area contributed by atoms with Crippen LogP contribution in [0.15, 0.2) is 30.3 Å². The van der Waals surface area contributed by atoms with Crippen LogP contribution in [-0.4, -0.2) is 29.6 Å². The number of nitrogens with zero attached hydrogens (tertiary/aromatic N) is 1. The van der Waals surface area contributed by atoms with Gasteiger partial charge >= 0.3 is 0 Å². The maximum Gasteiger partial charge on any atom is 0.297 e. The van der Waals surface area contributed by atoms with Gasteiger partial charge in [-0.2, -0.15) is 0 Å². The van der Waals surface area contributed by atoms with Gasteiger partial charge in [-0.25, -0.2) is 0 Å². The Balaban J connectivity index is 1.91. The number of benzene rings is 1. The summed E-state index contributed by atoms with van der Waals surface area (Å²) in [5, 5.41) is 0. The molecular weight excluding hydrogens is 204 g/mol. The normalized spacial score (nSPS) is 30.5. The highest BCUT2D eigenvalue weighted by molar-refractivity contribution is 5.82. The van der Waals surface area contributed by atoms with E-state index in [2.05, 4.69) is 5.43 Å². The number of nitrogens with one attached hydrogen (secondary N) is 1. The largest absolute Gasteiger partial charge is 0.319 e. The minimum atomic E-state index is -0.132. The number of rotatable bonds is 1. The summed E-state index contributed by atoms with van der Waals surface area (Å²) < 4.78 is 7.32. The van der Waals surface area contributed by atoms with Crippen LogP contribution in [0.5, 0.6) is 0 Å². The molecule has 2 unspecified atom stereocenters. The number of hydrazone groups is 1. The van der Waals surface area contributed by atoms with E-state index in [1.54, 1.807) is 4.68 Å². The zero-order chi connectivity index (χ0) is 11.0. The van der Waals surface area contributed by atoms with E-state index in [1.165, 1.54) is 0 Å². The van der Waals surface area contributed by atoms with Crippen LogP contribution < -0.4 is 5.43 Å². The summed E-state index contributed by atoms with van der Waals surface area (Å²) in [6, 6.07) is 9.89. The highest BCUT2D eigenvalue weighted by Gasteiger charge is 2.50. The molecule has 0 radical (unpaired) electrons. The molecule has 4 heteroatoms. The topological polar surface area (TPSA) is 41.3 Å². The first-order valence-corrected chi connectivity index (χ1v) is 5.45. The fourth-order valence-corrected chi connectivity index (χ4v) is 2.19. The molecule has 2 aliphatic heterocycles. The van der Waals surface area contributed by atoms with Gasteiger partial charge in [-0.15, -0.1) is 5.43 Å². The molecule has 0 saturated carbocycles. The van der Waals surface area contributed by atoms with E-state index >= 15 is 0 Å². The summed E-state index contributed by atoms with van der Waals surface area (Å²) in [7, 11) is 0. The van der Waals surface area contributed by atoms with Crippen molar-refractivity contribution < 1.29 is 14.2 Å². The molecule has 1 amide bonds. The lowest BCUT2D eigenvalue weighted by Crippen LogP contribution is -2.31. The van der Waals surface area contributed by atoms with Crippen LogP contribution in [0.1, 0.15) is 12.0 Å². The Labute approximate surface area is 93.5 Å². The van der Waals surface area contributed by atoms with Crippen molar-refractivity contribution in [3.05, 3.63) is 35.9 Å². The van der Waals surface area contributed by atoms with Crippen molar-refractivity contribution in [3.63, 3.8) is 0 Å². The second-order valence-corrected chi connectivity index (χ2v) is 4.08. The van der Waals surface area contributed by atoms with Crippen molar-refractivity contribution in [2.24, 2.45) is 5.92 Å². The number of hydrogen-bond acceptors (Lipinski definition) is 2. The van der Waals surface area contributed by atoms with Crippen molar-refractivity contribution in [1.29, 1.82) is 0 Å². The number of amides is 1. The molecule has 4 nitrogen and oxygen atoms in total. The number of carbonyl (C=O) groups excluding carboxylic acids is 1. The minimum Gasteiger partial charge on any atom is -0.319 e. The maximum atomic E-state index is 11.6. The Morgan fingerprint density at radius 2 is 2.19 bits per heavy atom. The van der Waals surface area contributed by atoms with Crippen LogP contribution in [0, 0.1) is 5.92 Å². The SMILES string of the molecule is O=C1N/[N+](=C\c2ccccc2)C2OCCC12. The first-order valence-electron chi connectivity index (χ1n) is 5.45. The molecule has 0 bridgehead atoms. The molecule has 2 atom stereocenters. The predicted octanol–water partition coefficient (Wildman–Crippen LogP) is 0.525. The van der Waals surface area contributed by atoms with E-state index < -0.39 is 0 Å². The fraction of sp³-hybridized carbons (Fsp3) is 0.333. The fourth-order valence-electron chi connectivity index (χ4n) is 2.19. The molecule has 1 aromatic rings. The summed E-state index contributed by atoms with van der Waals surface area (Å²) in [6.45, 7) is 0.669. The van der Waals surface area contributed by atoms with E-state index in [-0.39, 0.29) is 18.1 Å². The lowest BCUT2D eigenvalue weighted by molar-refractivity contribution is -0.630. The van der Waals surface area contributed by atoms with Gasteiger partial charge in [0.05, 0.1) is 6.61 Å². The molecule has 2 aliphatic rings. The highest BCUT2D eigenvalue weighted by atomic mass is 16.5. The molecule has 0 aliphatic carbocycles. The van der Waals surface area contributed by atoms with E-state index in [0.29, 0.717) is 6.61 Å². The summed E-state index contributed by atoms with van der Waals surface area (Å²) in [5.41, 5.74) is 3.87. The second kappa shape index (κ2) is 3.72. The Kier molecular flexibility index (Phi) is 2.22. The number of hydrazine groups is 1. The van der Waals surface area contributed by atoms with Gasteiger partial charge < -0.3 is 4.74 Å². The zero-order valence-corrected chi connectivity index (χ0v) is 8.80. The van der Waals surface area contributed by atoms with Gasteiger partial charge in [0.1, 0.15) is 5.92 Å². The van der Waals surface area contributed by atoms with Crippen LogP contribution in [0.25, 0.3) is 0 Å². The van der Waals surface area contributed by atoms with Gasteiger partial charge in [0.2, 0.25) is 6.21 Å². The molecule has 16 heavy (non-hydrogen) atoms. The lowest BCUT2D eigenvalue weighted by Gasteiger charge is -2.00. The molecule has 82 valence electrons. The van der Waals surface area contributed by atoms with Gasteiger partial charge in [-0.05, 0) is 18.6 Å². The van der Waals surface area contributed by atoms with E-state index in [0.717, 1.165) is 12.0 Å². The van der Waals surface area contributed by atoms with Gasteiger partial charge in [0, 0.05) is 5.56 Å². The third kappa shape index (κ3) is 1.51. The van der Waals surface area contributed by atoms with E-state index in [1.807, 2.05) is 36.5 Å². The first-order chi connectivity index (χ1) is 7.84. The number of hydrogen-bond donors (Lipinski definition) is 1. The van der Waals surface area contributed by atoms with Crippen LogP contribution in [0.4, 0.5) is 0 Å². The Morgan fingerprint density at radius 1 is 1.38 bits per heavy atom. The van der Waals surface area contributed by atoms with Crippen LogP contribution in [-0.2, 0) is 9.53 Å². The predicted molar refractivity (Wildman–Crippen MR) is 57.9 cm³/mol. The van der Waals surface area contributed by atoms with Gasteiger partial charge in [-0.3, -0.25) is 4.79 Å². The average Bonchev–Trinajstić information content (AvgIpc) is 2.87. The summed E-state index contributed by atoms with van der Waals surface area (Å²) in [4.78, 5) is 11.6. The number of fused-ring (bicyclic) bond motifs is 1. The molecule has 0 spiro atoms. The van der Waals surface area contributed by atoms with Gasteiger partial charge in [-0.1, -0.05) is 22.9 Å². The van der Waals surface area contributed by atoms with Crippen molar-refractivity contribution in [3.8, 4) is 0 Å². The molecule has 1 N–H and O–H groups in total. The third-order valence-electron chi connectivity index (χ3n) is 3.00. The molecule has 2 fully saturated rings. The van der Waals surface area contributed by atoms with Crippen molar-refractivity contribution in [2.75, 3.05) is 6.61 Å². The summed E-state index contributed by atoms with van der Waals surface area (Å²) >= 11 is 0. The Morgan fingerprint density at radius 3 is 3.00 bits per heavy atom. The second-order valence-electron chi connectivity index (χ2n) is 4.08. The van der Waals surface area contributed by atoms with E-state index in [4.69, 9.17) is 4.74 Å². The number of carbonyl (C=O) groups is 1. The van der Waals surface area contributed by atoms with Crippen LogP contribution in [0.2, 0.25) is 0 Å². The summed E-state index contributed by atoms with van der Waals surface area (Å²) in [6.07, 6.45) is 2.59. The van der Waals surface area contributed by atoms with Crippen molar-refractivity contribution >= 4 is 12.1 Å². The Bertz CT molecular complexity index is 442. The highest BCUT2D eigenvalue weighted by Crippen LogP contribution is 2.25. The molecule has 3 rings (SSSR count). The summed E-state index contributed by atoms with van der Waals surface area (Å²) in [5.74, 6) is 0.0506. The smallest absolute Gasteiger partial charge is 0.297 e. The van der Waals surface area contributed by atoms with E-state index in [9.17, 15) is 4.79 Å². The van der Waals surface area contributed by atoms with Gasteiger partial charge in [0.25, 0.3) is 12.1 Å². The standard InChI is InChI=1S/C12H12N2O2/c15-11-10-6-7-16-12(10)14(13-11)8-9-4-2-1-3-5-9/h1-5,8,10,12H,6-7H2/p+1/b14-8-. The third-order valence-corrected chi connectivity index (χ3v) is 3.00. The molecule has 0 aromatic heterocycles. The van der Waals surface area contributed by atoms with Crippen molar-refractivity contribution in [1.82, 2.24) is 5.43 Å².